The fraction of sp³-hybridized carbons (Fsp3) is 0.0952. The maximum Gasteiger partial charge on any atom is 0.796 e. The average molecular weight is 416 g/mol. The normalized spacial score (nSPS) is 11.7. The first-order chi connectivity index (χ1) is 14.3. The van der Waals surface area contributed by atoms with Crippen LogP contribution >= 0.6 is 0 Å². The van der Waals surface area contributed by atoms with Crippen molar-refractivity contribution in [1.82, 2.24) is 0 Å². The predicted molar refractivity (Wildman–Crippen MR) is 110 cm³/mol. The lowest BCUT2D eigenvalue weighted by molar-refractivity contribution is -0.110. The summed E-state index contributed by atoms with van der Waals surface area (Å²) in [6.45, 7) is 0. The molecule has 2 aromatic rings. The van der Waals surface area contributed by atoms with Crippen LogP contribution in [0.3, 0.4) is 0 Å². The molecular weight excluding hydrogens is 397 g/mol. The minimum absolute atomic E-state index is 0.0514. The van der Waals surface area contributed by atoms with Crippen molar-refractivity contribution in [3.8, 4) is 23.0 Å². The molecule has 0 fully saturated rings. The molecule has 2 N–H and O–H groups in total. The number of carbonyl (C=O) groups excluding carboxylic acids is 1. The molecule has 156 valence electrons. The van der Waals surface area contributed by atoms with E-state index in [2.05, 4.69) is 4.65 Å². The number of hydrogen-bond donors (Lipinski definition) is 2. The molecule has 0 bridgehead atoms. The average Bonchev–Trinajstić information content (AvgIpc) is 2.72. The zero-order valence-electron chi connectivity index (χ0n) is 16.2. The fourth-order valence-electron chi connectivity index (χ4n) is 2.37. The number of rotatable bonds is 9. The summed E-state index contributed by atoms with van der Waals surface area (Å²) >= 11 is 0. The van der Waals surface area contributed by atoms with Gasteiger partial charge in [-0.15, -0.1) is 0 Å². The van der Waals surface area contributed by atoms with Gasteiger partial charge >= 0.3 is 7.47 Å². The van der Waals surface area contributed by atoms with Crippen LogP contribution in [0.25, 0.3) is 12.2 Å². The molecule has 0 spiro atoms. The predicted octanol–water partition coefficient (Wildman–Crippen LogP) is 4.24. The number of allylic oxidation sites excluding steroid dienone is 3. The van der Waals surface area contributed by atoms with Crippen molar-refractivity contribution in [1.29, 1.82) is 0 Å². The second-order valence-electron chi connectivity index (χ2n) is 5.86. The van der Waals surface area contributed by atoms with Gasteiger partial charge in [-0.25, -0.2) is 8.63 Å². The first-order valence-corrected chi connectivity index (χ1v) is 8.63. The monoisotopic (exact) mass is 416 g/mol. The van der Waals surface area contributed by atoms with Crippen molar-refractivity contribution < 1.29 is 37.8 Å². The van der Waals surface area contributed by atoms with Gasteiger partial charge in [0.2, 0.25) is 0 Å². The Morgan fingerprint density at radius 1 is 0.900 bits per heavy atom. The van der Waals surface area contributed by atoms with Crippen LogP contribution in [-0.4, -0.2) is 37.7 Å². The minimum atomic E-state index is -3.12. The highest BCUT2D eigenvalue weighted by Crippen LogP contribution is 2.27. The summed E-state index contributed by atoms with van der Waals surface area (Å²) in [6, 6.07) is 8.88. The molecule has 0 aliphatic heterocycles. The van der Waals surface area contributed by atoms with E-state index in [0.29, 0.717) is 11.1 Å². The Bertz CT molecular complexity index is 985. The van der Waals surface area contributed by atoms with E-state index in [9.17, 15) is 23.6 Å². The lowest BCUT2D eigenvalue weighted by Crippen LogP contribution is -2.04. The summed E-state index contributed by atoms with van der Waals surface area (Å²) in [5.74, 6) is -0.625. The molecule has 0 saturated carbocycles. The zero-order chi connectivity index (χ0) is 22.1. The first kappa shape index (κ1) is 22.5. The number of methoxy groups -OCH3 is 2. The minimum Gasteiger partial charge on any atom is -0.505 e. The van der Waals surface area contributed by atoms with Gasteiger partial charge in [-0.2, -0.15) is 0 Å². The van der Waals surface area contributed by atoms with Crippen LogP contribution in [0, 0.1) is 0 Å². The standard InChI is InChI=1S/C21H19BF2O6/c1-28-20-11-14(5-9-18(20)26)3-7-16(25)13-17(30-22(23)24)8-4-15-6-10-19(27)21(12-15)29-2/h3-13,26-27H,1-2H3/b7-3+,8-4+,17-13-. The van der Waals surface area contributed by atoms with E-state index in [1.165, 1.54) is 62.8 Å². The van der Waals surface area contributed by atoms with Gasteiger partial charge in [0, 0.05) is 6.08 Å². The molecule has 0 amide bonds. The van der Waals surface area contributed by atoms with E-state index in [-0.39, 0.29) is 28.8 Å². The number of benzene rings is 2. The molecule has 0 heterocycles. The summed E-state index contributed by atoms with van der Waals surface area (Å²) in [5, 5.41) is 19.2. The molecular formula is C21H19BF2O6. The molecule has 0 saturated heterocycles. The molecule has 30 heavy (non-hydrogen) atoms. The van der Waals surface area contributed by atoms with Crippen LogP contribution < -0.4 is 9.47 Å². The van der Waals surface area contributed by atoms with E-state index < -0.39 is 13.3 Å². The smallest absolute Gasteiger partial charge is 0.505 e. The molecule has 2 rings (SSSR count). The van der Waals surface area contributed by atoms with Gasteiger partial charge < -0.3 is 24.3 Å². The Morgan fingerprint density at radius 2 is 1.40 bits per heavy atom. The first-order valence-electron chi connectivity index (χ1n) is 8.63. The van der Waals surface area contributed by atoms with E-state index >= 15 is 0 Å². The lowest BCUT2D eigenvalue weighted by Gasteiger charge is -2.05. The number of ether oxygens (including phenoxy) is 2. The van der Waals surface area contributed by atoms with E-state index in [4.69, 9.17) is 9.47 Å². The van der Waals surface area contributed by atoms with Crippen molar-refractivity contribution in [2.24, 2.45) is 0 Å². The molecule has 0 unspecified atom stereocenters. The summed E-state index contributed by atoms with van der Waals surface area (Å²) in [5.41, 5.74) is 1.10. The fourth-order valence-corrected chi connectivity index (χ4v) is 2.37. The van der Waals surface area contributed by atoms with E-state index in [1.807, 2.05) is 0 Å². The van der Waals surface area contributed by atoms with E-state index in [1.54, 1.807) is 6.07 Å². The summed E-state index contributed by atoms with van der Waals surface area (Å²) < 4.78 is 39.7. The van der Waals surface area contributed by atoms with Crippen molar-refractivity contribution >= 4 is 25.4 Å². The number of halogens is 2. The highest BCUT2D eigenvalue weighted by atomic mass is 19.2. The summed E-state index contributed by atoms with van der Waals surface area (Å²) in [4.78, 5) is 12.1. The molecule has 6 nitrogen and oxygen atoms in total. The maximum atomic E-state index is 12.7. The van der Waals surface area contributed by atoms with Crippen molar-refractivity contribution in [2.45, 2.75) is 0 Å². The number of ketones is 1. The molecule has 0 radical (unpaired) electrons. The molecule has 0 aromatic heterocycles. The third-order valence-electron chi connectivity index (χ3n) is 3.80. The van der Waals surface area contributed by atoms with Gasteiger partial charge in [0.25, 0.3) is 0 Å². The maximum absolute atomic E-state index is 12.7. The van der Waals surface area contributed by atoms with Crippen LogP contribution in [0.4, 0.5) is 8.63 Å². The third-order valence-corrected chi connectivity index (χ3v) is 3.80. The Hall–Kier alpha value is -3.75. The Morgan fingerprint density at radius 3 is 1.87 bits per heavy atom. The molecule has 0 aliphatic carbocycles. The number of phenols is 2. The van der Waals surface area contributed by atoms with Crippen molar-refractivity contribution in [3.63, 3.8) is 0 Å². The molecule has 9 heteroatoms. The second kappa shape index (κ2) is 10.7. The Balaban J connectivity index is 2.20. The molecule has 0 atom stereocenters. The highest BCUT2D eigenvalue weighted by Gasteiger charge is 2.18. The van der Waals surface area contributed by atoms with Crippen molar-refractivity contribution in [2.75, 3.05) is 14.2 Å². The van der Waals surface area contributed by atoms with Gasteiger partial charge in [0.15, 0.2) is 28.8 Å². The van der Waals surface area contributed by atoms with Crippen LogP contribution in [0.5, 0.6) is 23.0 Å². The summed E-state index contributed by atoms with van der Waals surface area (Å²) in [6.07, 6.45) is 6.15. The number of hydrogen-bond acceptors (Lipinski definition) is 6. The van der Waals surface area contributed by atoms with Crippen LogP contribution in [0.15, 0.2) is 60.4 Å². The van der Waals surface area contributed by atoms with Gasteiger partial charge in [0.05, 0.1) is 14.2 Å². The summed E-state index contributed by atoms with van der Waals surface area (Å²) in [7, 11) is -0.350. The number of carbonyl (C=O) groups is 1. The zero-order valence-corrected chi connectivity index (χ0v) is 16.2. The Kier molecular flexibility index (Phi) is 8.04. The molecule has 2 aromatic carbocycles. The molecule has 0 aliphatic rings. The van der Waals surface area contributed by atoms with Gasteiger partial charge in [-0.3, -0.25) is 4.79 Å². The topological polar surface area (TPSA) is 85.2 Å². The number of phenolic OH excluding ortho intramolecular Hbond substituents is 2. The quantitative estimate of drug-likeness (QED) is 0.275. The van der Waals surface area contributed by atoms with Crippen molar-refractivity contribution in [3.05, 3.63) is 71.5 Å². The van der Waals surface area contributed by atoms with Crippen LogP contribution in [0.2, 0.25) is 0 Å². The third kappa shape index (κ3) is 6.70. The largest absolute Gasteiger partial charge is 0.796 e. The SMILES string of the molecule is COc1cc(/C=C/C(=O)/C=C(/C=C/c2ccc(O)c(OC)c2)OB(F)F)ccc1O. The van der Waals surface area contributed by atoms with Gasteiger partial charge in [-0.05, 0) is 47.5 Å². The second-order valence-corrected chi connectivity index (χ2v) is 5.86. The number of aromatic hydroxyl groups is 2. The lowest BCUT2D eigenvalue weighted by atomic mass is 10.1. The highest BCUT2D eigenvalue weighted by molar-refractivity contribution is 6.35. The van der Waals surface area contributed by atoms with Gasteiger partial charge in [0.1, 0.15) is 5.76 Å². The van der Waals surface area contributed by atoms with Crippen LogP contribution in [-0.2, 0) is 9.45 Å². The van der Waals surface area contributed by atoms with Crippen LogP contribution in [0.1, 0.15) is 11.1 Å². The van der Waals surface area contributed by atoms with E-state index in [0.717, 1.165) is 12.2 Å². The Labute approximate surface area is 172 Å². The van der Waals surface area contributed by atoms with Gasteiger partial charge in [-0.1, -0.05) is 24.3 Å².